The summed E-state index contributed by atoms with van der Waals surface area (Å²) in [5.41, 5.74) is 4.34. The van der Waals surface area contributed by atoms with Crippen molar-refractivity contribution in [3.05, 3.63) is 0 Å². The third kappa shape index (κ3) is 14.2. The molecule has 0 saturated carbocycles. The zero-order chi connectivity index (χ0) is 11.6. The minimum atomic E-state index is -0.639. The number of thiol groups is 2. The zero-order valence-corrected chi connectivity index (χ0v) is 10.4. The van der Waals surface area contributed by atoms with Crippen molar-refractivity contribution in [2.24, 2.45) is 5.73 Å². The molecule has 0 fully saturated rings. The minimum absolute atomic E-state index is 0.108. The average Bonchev–Trinajstić information content (AvgIpc) is 2.02. The predicted octanol–water partition coefficient (Wildman–Crippen LogP) is 2.15. The minimum Gasteiger partial charge on any atom is -0.361 e. The summed E-state index contributed by atoms with van der Waals surface area (Å²) in [6.07, 6.45) is 2.01. The molecule has 0 aromatic rings. The summed E-state index contributed by atoms with van der Waals surface area (Å²) in [7, 11) is 0. The van der Waals surface area contributed by atoms with Gasteiger partial charge in [-0.2, -0.15) is 0 Å². The Hall–Kier alpha value is -0.360. The van der Waals surface area contributed by atoms with Gasteiger partial charge in [-0.1, -0.05) is 39.1 Å². The average molecular weight is 238 g/mol. The van der Waals surface area contributed by atoms with E-state index >= 15 is 0 Å². The largest absolute Gasteiger partial charge is 0.361 e. The van der Waals surface area contributed by atoms with Gasteiger partial charge in [-0.05, 0) is 12.8 Å². The van der Waals surface area contributed by atoms with Crippen molar-refractivity contribution in [2.75, 3.05) is 13.1 Å². The maximum Gasteiger partial charge on any atom is 0.278 e. The smallest absolute Gasteiger partial charge is 0.278 e. The van der Waals surface area contributed by atoms with Crippen molar-refractivity contribution in [3.63, 3.8) is 0 Å². The number of nitrogens with zero attached hydrogens (tertiary/aromatic N) is 1. The highest BCUT2D eigenvalue weighted by molar-refractivity contribution is 7.96. The number of carbonyl (C=O) groups is 2. The first-order valence-corrected chi connectivity index (χ1v) is 5.31. The van der Waals surface area contributed by atoms with Crippen LogP contribution in [-0.2, 0) is 0 Å². The number of carbonyl (C=O) groups excluding carboxylic acids is 2. The fourth-order valence-corrected chi connectivity index (χ4v) is 1.04. The van der Waals surface area contributed by atoms with E-state index < -0.39 is 5.24 Å². The van der Waals surface area contributed by atoms with Crippen LogP contribution in [0.1, 0.15) is 26.7 Å². The highest BCUT2D eigenvalue weighted by Gasteiger charge is 2.04. The van der Waals surface area contributed by atoms with Gasteiger partial charge < -0.3 is 10.6 Å². The van der Waals surface area contributed by atoms with Crippen molar-refractivity contribution >= 4 is 35.7 Å². The summed E-state index contributed by atoms with van der Waals surface area (Å²) < 4.78 is 0. The number of nitrogens with two attached hydrogens (primary N) is 1. The van der Waals surface area contributed by atoms with Crippen molar-refractivity contribution in [3.8, 4) is 0 Å². The molecule has 0 aliphatic rings. The molecule has 0 spiro atoms. The molecule has 14 heavy (non-hydrogen) atoms. The van der Waals surface area contributed by atoms with E-state index in [9.17, 15) is 4.79 Å². The van der Waals surface area contributed by atoms with Crippen LogP contribution < -0.4 is 5.73 Å². The number of hydrogen-bond acceptors (Lipinski definition) is 2. The van der Waals surface area contributed by atoms with Gasteiger partial charge in [0.25, 0.3) is 10.5 Å². The van der Waals surface area contributed by atoms with Crippen molar-refractivity contribution in [1.82, 2.24) is 4.90 Å². The molecule has 0 rings (SSSR count). The van der Waals surface area contributed by atoms with Gasteiger partial charge in [0.05, 0.1) is 0 Å². The van der Waals surface area contributed by atoms with Gasteiger partial charge in [0.2, 0.25) is 0 Å². The molecule has 6 heteroatoms. The first-order valence-electron chi connectivity index (χ1n) is 4.41. The number of amides is 2. The van der Waals surface area contributed by atoms with Gasteiger partial charge in [0, 0.05) is 13.1 Å². The SMILES string of the molecule is CCCN(CCC)C(=O)S.NC(=O)S. The molecular weight excluding hydrogens is 220 g/mol. The third-order valence-corrected chi connectivity index (χ3v) is 1.54. The van der Waals surface area contributed by atoms with Crippen LogP contribution in [0.25, 0.3) is 0 Å². The molecule has 2 N–H and O–H groups in total. The summed E-state index contributed by atoms with van der Waals surface area (Å²) in [6.45, 7) is 5.77. The Balaban J connectivity index is 0. The second kappa shape index (κ2) is 10.7. The molecular formula is C8H18N2O2S2. The van der Waals surface area contributed by atoms with Crippen molar-refractivity contribution < 1.29 is 9.59 Å². The Bertz CT molecular complexity index is 167. The molecule has 0 aromatic heterocycles. The molecule has 0 aliphatic carbocycles. The number of rotatable bonds is 4. The van der Waals surface area contributed by atoms with Crippen LogP contribution in [0.3, 0.4) is 0 Å². The Morgan fingerprint density at radius 2 is 1.43 bits per heavy atom. The molecule has 0 atom stereocenters. The summed E-state index contributed by atoms with van der Waals surface area (Å²) in [5, 5.41) is -0.747. The van der Waals surface area contributed by atoms with Crippen LogP contribution >= 0.6 is 25.3 Å². The monoisotopic (exact) mass is 238 g/mol. The third-order valence-electron chi connectivity index (χ3n) is 1.26. The Morgan fingerprint density at radius 1 is 1.14 bits per heavy atom. The molecule has 2 amide bonds. The van der Waals surface area contributed by atoms with E-state index in [2.05, 4.69) is 44.8 Å². The zero-order valence-electron chi connectivity index (χ0n) is 8.56. The lowest BCUT2D eigenvalue weighted by molar-refractivity contribution is 0.223. The van der Waals surface area contributed by atoms with Crippen LogP contribution in [0.2, 0.25) is 0 Å². The first kappa shape index (κ1) is 16.1. The first-order chi connectivity index (χ1) is 6.45. The lowest BCUT2D eigenvalue weighted by atomic mass is 10.4. The number of primary amides is 1. The number of hydrogen-bond donors (Lipinski definition) is 3. The Labute approximate surface area is 96.0 Å². The van der Waals surface area contributed by atoms with E-state index in [0.29, 0.717) is 0 Å². The second-order valence-corrected chi connectivity index (χ2v) is 3.43. The van der Waals surface area contributed by atoms with E-state index in [1.54, 1.807) is 4.90 Å². The van der Waals surface area contributed by atoms with Crippen molar-refractivity contribution in [1.29, 1.82) is 0 Å². The summed E-state index contributed by atoms with van der Waals surface area (Å²) in [4.78, 5) is 21.6. The molecule has 0 bridgehead atoms. The fourth-order valence-electron chi connectivity index (χ4n) is 0.843. The molecule has 0 heterocycles. The fraction of sp³-hybridized carbons (Fsp3) is 0.750. The topological polar surface area (TPSA) is 63.4 Å². The maximum absolute atomic E-state index is 10.7. The summed E-state index contributed by atoms with van der Waals surface area (Å²) in [5.74, 6) is 0. The van der Waals surface area contributed by atoms with Gasteiger partial charge in [-0.15, -0.1) is 0 Å². The van der Waals surface area contributed by atoms with Gasteiger partial charge in [0.15, 0.2) is 0 Å². The summed E-state index contributed by atoms with van der Waals surface area (Å²) in [6, 6.07) is 0. The van der Waals surface area contributed by atoms with Gasteiger partial charge >= 0.3 is 0 Å². The lowest BCUT2D eigenvalue weighted by Gasteiger charge is -2.17. The quantitative estimate of drug-likeness (QED) is 0.657. The molecule has 0 aromatic carbocycles. The normalized spacial score (nSPS) is 8.57. The van der Waals surface area contributed by atoms with Gasteiger partial charge in [-0.25, -0.2) is 0 Å². The lowest BCUT2D eigenvalue weighted by Crippen LogP contribution is -2.27. The predicted molar refractivity (Wildman–Crippen MR) is 65.1 cm³/mol. The van der Waals surface area contributed by atoms with Crippen LogP contribution in [0.5, 0.6) is 0 Å². The van der Waals surface area contributed by atoms with Gasteiger partial charge in [-0.3, -0.25) is 9.59 Å². The van der Waals surface area contributed by atoms with E-state index in [-0.39, 0.29) is 5.24 Å². The van der Waals surface area contributed by atoms with Crippen molar-refractivity contribution in [2.45, 2.75) is 26.7 Å². The summed E-state index contributed by atoms with van der Waals surface area (Å²) >= 11 is 6.85. The molecule has 4 nitrogen and oxygen atoms in total. The maximum atomic E-state index is 10.7. The van der Waals surface area contributed by atoms with Crippen LogP contribution in [0.4, 0.5) is 9.59 Å². The molecule has 84 valence electrons. The van der Waals surface area contributed by atoms with E-state index in [1.165, 1.54) is 0 Å². The molecule has 0 unspecified atom stereocenters. The van der Waals surface area contributed by atoms with E-state index in [0.717, 1.165) is 25.9 Å². The van der Waals surface area contributed by atoms with Crippen LogP contribution in [0, 0.1) is 0 Å². The Kier molecular flexibility index (Phi) is 12.3. The second-order valence-electron chi connectivity index (χ2n) is 2.61. The molecule has 0 saturated heterocycles. The van der Waals surface area contributed by atoms with Crippen LogP contribution in [0.15, 0.2) is 0 Å². The van der Waals surface area contributed by atoms with Gasteiger partial charge in [0.1, 0.15) is 0 Å². The highest BCUT2D eigenvalue weighted by Crippen LogP contribution is 1.98. The van der Waals surface area contributed by atoms with Crippen LogP contribution in [-0.4, -0.2) is 28.5 Å². The standard InChI is InChI=1S/C7H15NOS.CH3NOS/c1-3-5-8(6-4-2)7(9)10;2-1(3)4/h3-6H2,1-2H3,(H,9,10);(H3,2,3,4). The highest BCUT2D eigenvalue weighted by atomic mass is 32.1. The van der Waals surface area contributed by atoms with E-state index in [4.69, 9.17) is 4.79 Å². The Morgan fingerprint density at radius 3 is 1.57 bits per heavy atom. The molecule has 0 radical (unpaired) electrons. The van der Waals surface area contributed by atoms with E-state index in [1.807, 2.05) is 0 Å². The molecule has 0 aliphatic heterocycles.